The Morgan fingerprint density at radius 1 is 1.06 bits per heavy atom. The van der Waals surface area contributed by atoms with Gasteiger partial charge in [-0.15, -0.1) is 0 Å². The highest BCUT2D eigenvalue weighted by atomic mass is 16.5. The van der Waals surface area contributed by atoms with Crippen LogP contribution in [-0.2, 0) is 9.47 Å². The van der Waals surface area contributed by atoms with Crippen molar-refractivity contribution >= 4 is 0 Å². The van der Waals surface area contributed by atoms with Gasteiger partial charge in [0.05, 0.1) is 12.7 Å². The van der Waals surface area contributed by atoms with Crippen LogP contribution in [-0.4, -0.2) is 25.9 Å². The van der Waals surface area contributed by atoms with E-state index in [-0.39, 0.29) is 6.10 Å². The van der Waals surface area contributed by atoms with Crippen LogP contribution in [0.1, 0.15) is 59.3 Å². The molecule has 0 aromatic carbocycles. The van der Waals surface area contributed by atoms with Crippen LogP contribution in [0.3, 0.4) is 0 Å². The Morgan fingerprint density at radius 3 is 2.44 bits per heavy atom. The number of hydrogen-bond donors (Lipinski definition) is 0. The van der Waals surface area contributed by atoms with E-state index in [1.807, 2.05) is 13.3 Å². The lowest BCUT2D eigenvalue weighted by atomic mass is 10.1. The van der Waals surface area contributed by atoms with Gasteiger partial charge in [-0.05, 0) is 19.8 Å². The van der Waals surface area contributed by atoms with Crippen molar-refractivity contribution in [2.75, 3.05) is 19.8 Å². The lowest BCUT2D eigenvalue weighted by Gasteiger charge is -2.12. The van der Waals surface area contributed by atoms with E-state index in [2.05, 4.69) is 13.8 Å². The fraction of sp³-hybridized carbons (Fsp3) is 0.929. The largest absolute Gasteiger partial charge is 0.379 e. The summed E-state index contributed by atoms with van der Waals surface area (Å²) in [6.45, 7) is 8.65. The van der Waals surface area contributed by atoms with Gasteiger partial charge in [0.1, 0.15) is 0 Å². The highest BCUT2D eigenvalue weighted by Gasteiger charge is 2.00. The third kappa shape index (κ3) is 12.0. The van der Waals surface area contributed by atoms with Crippen molar-refractivity contribution in [3.8, 4) is 0 Å². The van der Waals surface area contributed by atoms with E-state index in [0.717, 1.165) is 19.8 Å². The molecule has 0 heterocycles. The smallest absolute Gasteiger partial charge is 0.0780 e. The Labute approximate surface area is 102 Å². The van der Waals surface area contributed by atoms with Crippen LogP contribution in [0.15, 0.2) is 0 Å². The van der Waals surface area contributed by atoms with Gasteiger partial charge in [-0.2, -0.15) is 0 Å². The van der Waals surface area contributed by atoms with E-state index in [4.69, 9.17) is 9.47 Å². The summed E-state index contributed by atoms with van der Waals surface area (Å²) in [5.41, 5.74) is 0. The topological polar surface area (TPSA) is 18.5 Å². The maximum Gasteiger partial charge on any atom is 0.0780 e. The van der Waals surface area contributed by atoms with Crippen molar-refractivity contribution in [2.45, 2.75) is 65.4 Å². The fourth-order valence-electron chi connectivity index (χ4n) is 1.54. The third-order valence-corrected chi connectivity index (χ3v) is 2.54. The molecular weight excluding hydrogens is 200 g/mol. The Balaban J connectivity index is 3.02. The molecule has 0 bridgehead atoms. The zero-order valence-electron chi connectivity index (χ0n) is 11.3. The highest BCUT2D eigenvalue weighted by Crippen LogP contribution is 2.05. The minimum absolute atomic E-state index is 0.219. The average molecular weight is 229 g/mol. The minimum Gasteiger partial charge on any atom is -0.379 e. The van der Waals surface area contributed by atoms with E-state index < -0.39 is 0 Å². The van der Waals surface area contributed by atoms with Crippen LogP contribution < -0.4 is 0 Å². The predicted molar refractivity (Wildman–Crippen MR) is 69.6 cm³/mol. The summed E-state index contributed by atoms with van der Waals surface area (Å²) in [6, 6.07) is 0. The molecule has 0 aromatic rings. The molecule has 2 heteroatoms. The summed E-state index contributed by atoms with van der Waals surface area (Å²) < 4.78 is 11.0. The Morgan fingerprint density at radius 2 is 1.75 bits per heavy atom. The molecule has 0 N–H and O–H groups in total. The van der Waals surface area contributed by atoms with E-state index in [9.17, 15) is 0 Å². The molecule has 1 atom stereocenters. The summed E-state index contributed by atoms with van der Waals surface area (Å²) in [5.74, 6) is 0. The molecule has 0 amide bonds. The van der Waals surface area contributed by atoms with Crippen LogP contribution in [0.25, 0.3) is 0 Å². The van der Waals surface area contributed by atoms with Crippen LogP contribution in [0.2, 0.25) is 0 Å². The molecular formula is C14H29O2. The number of rotatable bonds is 12. The van der Waals surface area contributed by atoms with Crippen molar-refractivity contribution in [3.63, 3.8) is 0 Å². The second-order valence-electron chi connectivity index (χ2n) is 4.39. The highest BCUT2D eigenvalue weighted by molar-refractivity contribution is 4.55. The molecule has 0 rings (SSSR count). The van der Waals surface area contributed by atoms with Crippen molar-refractivity contribution in [1.29, 1.82) is 0 Å². The molecule has 0 aliphatic carbocycles. The molecule has 0 saturated heterocycles. The number of ether oxygens (including phenoxy) is 2. The summed E-state index contributed by atoms with van der Waals surface area (Å²) in [7, 11) is 0. The van der Waals surface area contributed by atoms with Gasteiger partial charge in [-0.1, -0.05) is 46.0 Å². The lowest BCUT2D eigenvalue weighted by molar-refractivity contribution is 0.000486. The van der Waals surface area contributed by atoms with Crippen molar-refractivity contribution in [2.24, 2.45) is 0 Å². The van der Waals surface area contributed by atoms with Crippen molar-refractivity contribution < 1.29 is 9.47 Å². The third-order valence-electron chi connectivity index (χ3n) is 2.54. The van der Waals surface area contributed by atoms with Crippen LogP contribution in [0.5, 0.6) is 0 Å². The standard InChI is InChI=1S/C14H29O2/c1-4-6-7-8-9-10-12-15-13-14(3)16-11-5-2/h5,14H,4,6-13H2,1-3H3. The summed E-state index contributed by atoms with van der Waals surface area (Å²) >= 11 is 0. The molecule has 2 nitrogen and oxygen atoms in total. The first-order chi connectivity index (χ1) is 7.81. The van der Waals surface area contributed by atoms with Gasteiger partial charge in [0.2, 0.25) is 0 Å². The Bertz CT molecular complexity index is 126. The van der Waals surface area contributed by atoms with Gasteiger partial charge < -0.3 is 9.47 Å². The second-order valence-corrected chi connectivity index (χ2v) is 4.39. The molecule has 16 heavy (non-hydrogen) atoms. The predicted octanol–water partition coefficient (Wildman–Crippen LogP) is 3.99. The van der Waals surface area contributed by atoms with Gasteiger partial charge in [0, 0.05) is 13.2 Å². The normalized spacial score (nSPS) is 12.9. The molecule has 1 radical (unpaired) electrons. The van der Waals surface area contributed by atoms with Gasteiger partial charge in [0.15, 0.2) is 0 Å². The zero-order chi connectivity index (χ0) is 12.1. The quantitative estimate of drug-likeness (QED) is 0.471. The van der Waals surface area contributed by atoms with Crippen molar-refractivity contribution in [1.82, 2.24) is 0 Å². The van der Waals surface area contributed by atoms with E-state index in [0.29, 0.717) is 0 Å². The van der Waals surface area contributed by atoms with E-state index in [1.54, 1.807) is 0 Å². The number of hydrogen-bond acceptors (Lipinski definition) is 2. The first-order valence-electron chi connectivity index (χ1n) is 6.78. The minimum atomic E-state index is 0.219. The van der Waals surface area contributed by atoms with Gasteiger partial charge in [-0.25, -0.2) is 0 Å². The molecule has 0 saturated carbocycles. The van der Waals surface area contributed by atoms with Crippen molar-refractivity contribution in [3.05, 3.63) is 6.42 Å². The summed E-state index contributed by atoms with van der Waals surface area (Å²) in [6.07, 6.45) is 10.2. The van der Waals surface area contributed by atoms with E-state index in [1.165, 1.54) is 38.5 Å². The van der Waals surface area contributed by atoms with Crippen LogP contribution in [0.4, 0.5) is 0 Å². The molecule has 0 spiro atoms. The summed E-state index contributed by atoms with van der Waals surface area (Å²) in [5, 5.41) is 0. The SMILES string of the molecule is C[CH]COC(C)COCCCCCCCC. The zero-order valence-corrected chi connectivity index (χ0v) is 11.3. The molecule has 0 aliphatic heterocycles. The maximum atomic E-state index is 5.56. The first kappa shape index (κ1) is 15.9. The second kappa shape index (κ2) is 13.0. The molecule has 0 aromatic heterocycles. The average Bonchev–Trinajstić information content (AvgIpc) is 2.30. The molecule has 0 aliphatic rings. The summed E-state index contributed by atoms with van der Waals surface area (Å²) in [4.78, 5) is 0. The first-order valence-corrected chi connectivity index (χ1v) is 6.78. The van der Waals surface area contributed by atoms with Crippen LogP contribution >= 0.6 is 0 Å². The van der Waals surface area contributed by atoms with Gasteiger partial charge in [-0.3, -0.25) is 0 Å². The van der Waals surface area contributed by atoms with Crippen LogP contribution in [0, 0.1) is 6.42 Å². The number of unbranched alkanes of at least 4 members (excludes halogenated alkanes) is 5. The molecule has 1 unspecified atom stereocenters. The van der Waals surface area contributed by atoms with E-state index >= 15 is 0 Å². The fourth-order valence-corrected chi connectivity index (χ4v) is 1.54. The Hall–Kier alpha value is -0.0800. The monoisotopic (exact) mass is 229 g/mol. The maximum absolute atomic E-state index is 5.56. The molecule has 0 fully saturated rings. The Kier molecular flexibility index (Phi) is 12.9. The lowest BCUT2D eigenvalue weighted by Crippen LogP contribution is -2.17. The van der Waals surface area contributed by atoms with Gasteiger partial charge >= 0.3 is 0 Å². The van der Waals surface area contributed by atoms with Gasteiger partial charge in [0.25, 0.3) is 0 Å². The molecule has 97 valence electrons.